The van der Waals surface area contributed by atoms with Crippen LogP contribution < -0.4 is 5.73 Å². The Balaban J connectivity index is 2.51. The first-order chi connectivity index (χ1) is 7.54. The Bertz CT molecular complexity index is 522. The Hall–Kier alpha value is -1.20. The molecule has 1 unspecified atom stereocenters. The maximum Gasteiger partial charge on any atom is 0.178 e. The molecule has 1 aromatic rings. The molecule has 0 aliphatic carbocycles. The standard InChI is InChI=1S/C11H13NO3S/c12-10(7-13)8-3-4-11-9(6-8)2-1-5-16(11,14)15/h3-4,6-7,10H,1-2,5,12H2. The Kier molecular flexibility index (Phi) is 2.82. The van der Waals surface area contributed by atoms with Gasteiger partial charge in [0.15, 0.2) is 9.84 Å². The molecule has 16 heavy (non-hydrogen) atoms. The van der Waals surface area contributed by atoms with E-state index >= 15 is 0 Å². The molecule has 1 aliphatic rings. The highest BCUT2D eigenvalue weighted by molar-refractivity contribution is 7.91. The first-order valence-electron chi connectivity index (χ1n) is 5.11. The Morgan fingerprint density at radius 2 is 2.12 bits per heavy atom. The lowest BCUT2D eigenvalue weighted by Gasteiger charge is -2.17. The molecule has 0 fully saturated rings. The van der Waals surface area contributed by atoms with Gasteiger partial charge in [-0.3, -0.25) is 0 Å². The number of hydrogen-bond acceptors (Lipinski definition) is 4. The predicted octanol–water partition coefficient (Wildman–Crippen LogP) is 0.605. The summed E-state index contributed by atoms with van der Waals surface area (Å²) in [5.41, 5.74) is 7.03. The number of nitrogens with two attached hydrogens (primary N) is 1. The van der Waals surface area contributed by atoms with Crippen molar-refractivity contribution in [3.8, 4) is 0 Å². The smallest absolute Gasteiger partial charge is 0.178 e. The zero-order chi connectivity index (χ0) is 11.8. The van der Waals surface area contributed by atoms with Gasteiger partial charge in [-0.1, -0.05) is 12.1 Å². The van der Waals surface area contributed by atoms with E-state index in [2.05, 4.69) is 0 Å². The van der Waals surface area contributed by atoms with Crippen LogP contribution in [0.15, 0.2) is 23.1 Å². The van der Waals surface area contributed by atoms with Gasteiger partial charge in [-0.25, -0.2) is 8.42 Å². The second-order valence-corrected chi connectivity index (χ2v) is 6.03. The summed E-state index contributed by atoms with van der Waals surface area (Å²) in [4.78, 5) is 10.9. The minimum Gasteiger partial charge on any atom is -0.318 e. The van der Waals surface area contributed by atoms with Crippen molar-refractivity contribution in [2.45, 2.75) is 23.8 Å². The molecule has 0 aromatic heterocycles. The molecule has 86 valence electrons. The Morgan fingerprint density at radius 1 is 1.38 bits per heavy atom. The number of benzene rings is 1. The van der Waals surface area contributed by atoms with E-state index in [1.807, 2.05) is 0 Å². The van der Waals surface area contributed by atoms with Crippen molar-refractivity contribution >= 4 is 16.1 Å². The number of aldehydes is 1. The van der Waals surface area contributed by atoms with E-state index in [-0.39, 0.29) is 5.75 Å². The van der Waals surface area contributed by atoms with Gasteiger partial charge in [0, 0.05) is 0 Å². The van der Waals surface area contributed by atoms with Crippen molar-refractivity contribution in [1.29, 1.82) is 0 Å². The van der Waals surface area contributed by atoms with E-state index in [4.69, 9.17) is 5.73 Å². The fraction of sp³-hybridized carbons (Fsp3) is 0.364. The van der Waals surface area contributed by atoms with E-state index in [0.29, 0.717) is 23.2 Å². The molecule has 0 saturated heterocycles. The zero-order valence-corrected chi connectivity index (χ0v) is 9.53. The zero-order valence-electron chi connectivity index (χ0n) is 8.72. The summed E-state index contributed by atoms with van der Waals surface area (Å²) >= 11 is 0. The van der Waals surface area contributed by atoms with E-state index in [1.165, 1.54) is 0 Å². The first kappa shape index (κ1) is 11.3. The molecular weight excluding hydrogens is 226 g/mol. The van der Waals surface area contributed by atoms with Crippen LogP contribution in [0.1, 0.15) is 23.6 Å². The molecule has 0 radical (unpaired) electrons. The first-order valence-corrected chi connectivity index (χ1v) is 6.76. The van der Waals surface area contributed by atoms with Crippen molar-refractivity contribution in [2.75, 3.05) is 5.75 Å². The van der Waals surface area contributed by atoms with Crippen molar-refractivity contribution in [3.05, 3.63) is 29.3 Å². The second-order valence-electron chi connectivity index (χ2n) is 3.95. The number of rotatable bonds is 2. The van der Waals surface area contributed by atoms with Crippen LogP contribution in [-0.4, -0.2) is 20.5 Å². The molecule has 1 atom stereocenters. The minimum absolute atomic E-state index is 0.207. The number of carbonyl (C=O) groups excluding carboxylic acids is 1. The molecule has 4 nitrogen and oxygen atoms in total. The van der Waals surface area contributed by atoms with Crippen LogP contribution in [0.3, 0.4) is 0 Å². The summed E-state index contributed by atoms with van der Waals surface area (Å²) in [6.07, 6.45) is 2.02. The maximum absolute atomic E-state index is 11.7. The van der Waals surface area contributed by atoms with Gasteiger partial charge in [0.05, 0.1) is 16.7 Å². The van der Waals surface area contributed by atoms with Gasteiger partial charge >= 0.3 is 0 Å². The quantitative estimate of drug-likeness (QED) is 0.767. The molecule has 0 saturated carbocycles. The topological polar surface area (TPSA) is 77.2 Å². The van der Waals surface area contributed by atoms with Gasteiger partial charge in [0.25, 0.3) is 0 Å². The van der Waals surface area contributed by atoms with Crippen molar-refractivity contribution < 1.29 is 13.2 Å². The second kappa shape index (κ2) is 3.99. The molecule has 1 aromatic carbocycles. The summed E-state index contributed by atoms with van der Waals surface area (Å²) in [7, 11) is -3.12. The lowest BCUT2D eigenvalue weighted by Crippen LogP contribution is -2.18. The molecule has 0 bridgehead atoms. The summed E-state index contributed by atoms with van der Waals surface area (Å²) in [5.74, 6) is 0.207. The van der Waals surface area contributed by atoms with E-state index in [1.54, 1.807) is 18.2 Å². The van der Waals surface area contributed by atoms with Crippen LogP contribution in [-0.2, 0) is 21.1 Å². The van der Waals surface area contributed by atoms with Crippen LogP contribution in [0.4, 0.5) is 0 Å². The highest BCUT2D eigenvalue weighted by atomic mass is 32.2. The van der Waals surface area contributed by atoms with Crippen molar-refractivity contribution in [3.63, 3.8) is 0 Å². The predicted molar refractivity (Wildman–Crippen MR) is 59.8 cm³/mol. The van der Waals surface area contributed by atoms with Crippen molar-refractivity contribution in [1.82, 2.24) is 0 Å². The lowest BCUT2D eigenvalue weighted by molar-refractivity contribution is -0.109. The lowest BCUT2D eigenvalue weighted by atomic mass is 10.0. The van der Waals surface area contributed by atoms with Crippen LogP contribution in [0.5, 0.6) is 0 Å². The number of fused-ring (bicyclic) bond motifs is 1. The van der Waals surface area contributed by atoms with Gasteiger partial charge in [-0.05, 0) is 30.0 Å². The molecule has 5 heteroatoms. The fourth-order valence-electron chi connectivity index (χ4n) is 1.95. The average molecular weight is 239 g/mol. The highest BCUT2D eigenvalue weighted by Gasteiger charge is 2.23. The third-order valence-corrected chi connectivity index (χ3v) is 4.70. The van der Waals surface area contributed by atoms with Crippen molar-refractivity contribution in [2.24, 2.45) is 5.73 Å². The van der Waals surface area contributed by atoms with Gasteiger partial charge in [-0.2, -0.15) is 0 Å². The third kappa shape index (κ3) is 1.88. The van der Waals surface area contributed by atoms with E-state index < -0.39 is 15.9 Å². The Labute approximate surface area is 94.4 Å². The summed E-state index contributed by atoms with van der Waals surface area (Å²) in [6.45, 7) is 0. The van der Waals surface area contributed by atoms with Gasteiger partial charge in [0.1, 0.15) is 6.29 Å². The number of sulfone groups is 1. The highest BCUT2D eigenvalue weighted by Crippen LogP contribution is 2.26. The number of hydrogen-bond donors (Lipinski definition) is 1. The summed E-state index contributed by atoms with van der Waals surface area (Å²) in [6, 6.07) is 4.23. The monoisotopic (exact) mass is 239 g/mol. The summed E-state index contributed by atoms with van der Waals surface area (Å²) in [5, 5.41) is 0. The van der Waals surface area contributed by atoms with E-state index in [9.17, 15) is 13.2 Å². The van der Waals surface area contributed by atoms with Crippen LogP contribution in [0.25, 0.3) is 0 Å². The van der Waals surface area contributed by atoms with Gasteiger partial charge in [0.2, 0.25) is 0 Å². The fourth-order valence-corrected chi connectivity index (χ4v) is 3.53. The normalized spacial score (nSPS) is 19.8. The molecule has 2 N–H and O–H groups in total. The summed E-state index contributed by atoms with van der Waals surface area (Å²) < 4.78 is 23.4. The van der Waals surface area contributed by atoms with Crippen LogP contribution in [0, 0.1) is 0 Å². The molecule has 2 rings (SSSR count). The SMILES string of the molecule is NC(C=O)c1ccc2c(c1)CCCS2(=O)=O. The maximum atomic E-state index is 11.7. The third-order valence-electron chi connectivity index (χ3n) is 2.81. The van der Waals surface area contributed by atoms with Crippen LogP contribution in [0.2, 0.25) is 0 Å². The van der Waals surface area contributed by atoms with Crippen LogP contribution >= 0.6 is 0 Å². The minimum atomic E-state index is -3.12. The number of aryl methyl sites for hydroxylation is 1. The van der Waals surface area contributed by atoms with Gasteiger partial charge < -0.3 is 10.5 Å². The molecular formula is C11H13NO3S. The Morgan fingerprint density at radius 3 is 2.81 bits per heavy atom. The van der Waals surface area contributed by atoms with Gasteiger partial charge in [-0.15, -0.1) is 0 Å². The molecule has 1 aliphatic heterocycles. The average Bonchev–Trinajstić information content (AvgIpc) is 2.27. The molecule has 0 spiro atoms. The van der Waals surface area contributed by atoms with E-state index in [0.717, 1.165) is 12.0 Å². The molecule has 1 heterocycles. The molecule has 0 amide bonds. The largest absolute Gasteiger partial charge is 0.318 e. The number of carbonyl (C=O) groups is 1.